The van der Waals surface area contributed by atoms with Gasteiger partial charge in [-0.3, -0.25) is 14.6 Å². The smallest absolute Gasteiger partial charge is 0.310 e. The fourth-order valence-electron chi connectivity index (χ4n) is 2.41. The molecule has 6 heteroatoms. The highest BCUT2D eigenvalue weighted by Gasteiger charge is 2.17. The molecule has 1 unspecified atom stereocenters. The average Bonchev–Trinajstić information content (AvgIpc) is 3.14. The van der Waals surface area contributed by atoms with Crippen molar-refractivity contribution in [1.29, 1.82) is 0 Å². The standard InChI is InChI=1S/C16H28O4.C3H6N2/c1-2-3-4-5-6-7-8-9-10-11-12-14(16(19)20)13-15(17)18;1-2-5-3-4-1/h11-12,14H,2-10,13H2,1H3,(H,17,18)(H,19,20);3H,1-2H2,(H,4,5). The Balaban J connectivity index is 0.000000972. The second-order valence-corrected chi connectivity index (χ2v) is 6.22. The van der Waals surface area contributed by atoms with E-state index in [0.29, 0.717) is 0 Å². The molecule has 0 radical (unpaired) electrons. The third-order valence-electron chi connectivity index (χ3n) is 3.87. The van der Waals surface area contributed by atoms with Gasteiger partial charge < -0.3 is 15.5 Å². The van der Waals surface area contributed by atoms with Crippen LogP contribution in [0.15, 0.2) is 17.1 Å². The molecule has 0 fully saturated rings. The van der Waals surface area contributed by atoms with Gasteiger partial charge >= 0.3 is 11.9 Å². The Morgan fingerprint density at radius 2 is 1.76 bits per heavy atom. The molecular weight excluding hydrogens is 320 g/mol. The monoisotopic (exact) mass is 354 g/mol. The van der Waals surface area contributed by atoms with E-state index in [2.05, 4.69) is 17.2 Å². The number of nitrogens with one attached hydrogen (secondary N) is 1. The maximum absolute atomic E-state index is 10.8. The number of hydrogen-bond acceptors (Lipinski definition) is 4. The van der Waals surface area contributed by atoms with Gasteiger partial charge in [0.15, 0.2) is 0 Å². The molecule has 0 amide bonds. The van der Waals surface area contributed by atoms with Crippen molar-refractivity contribution in [2.24, 2.45) is 10.9 Å². The minimum atomic E-state index is -1.07. The topological polar surface area (TPSA) is 99.0 Å². The van der Waals surface area contributed by atoms with Gasteiger partial charge in [-0.2, -0.15) is 0 Å². The molecule has 25 heavy (non-hydrogen) atoms. The van der Waals surface area contributed by atoms with Crippen molar-refractivity contribution in [3.8, 4) is 0 Å². The summed E-state index contributed by atoms with van der Waals surface area (Å²) in [4.78, 5) is 25.2. The lowest BCUT2D eigenvalue weighted by Gasteiger charge is -2.03. The van der Waals surface area contributed by atoms with Crippen molar-refractivity contribution in [1.82, 2.24) is 5.32 Å². The summed E-state index contributed by atoms with van der Waals surface area (Å²) in [5.74, 6) is -3.05. The van der Waals surface area contributed by atoms with Crippen LogP contribution in [0, 0.1) is 5.92 Å². The van der Waals surface area contributed by atoms with Gasteiger partial charge in [0, 0.05) is 6.54 Å². The van der Waals surface area contributed by atoms with Crippen molar-refractivity contribution in [3.05, 3.63) is 12.2 Å². The van der Waals surface area contributed by atoms with Crippen molar-refractivity contribution < 1.29 is 19.8 Å². The zero-order valence-electron chi connectivity index (χ0n) is 15.5. The first-order valence-corrected chi connectivity index (χ1v) is 9.40. The Labute approximate surface area is 151 Å². The summed E-state index contributed by atoms with van der Waals surface area (Å²) in [6.45, 7) is 4.20. The molecule has 3 N–H and O–H groups in total. The Morgan fingerprint density at radius 3 is 2.20 bits per heavy atom. The first-order chi connectivity index (χ1) is 12.1. The molecule has 1 rings (SSSR count). The van der Waals surface area contributed by atoms with E-state index < -0.39 is 17.9 Å². The van der Waals surface area contributed by atoms with Gasteiger partial charge in [-0.25, -0.2) is 0 Å². The number of nitrogens with zero attached hydrogens (tertiary/aromatic N) is 1. The molecule has 1 heterocycles. The Hall–Kier alpha value is -1.85. The summed E-state index contributed by atoms with van der Waals surface area (Å²) in [5.41, 5.74) is 0. The maximum atomic E-state index is 10.8. The van der Waals surface area contributed by atoms with E-state index in [-0.39, 0.29) is 6.42 Å². The first kappa shape index (κ1) is 23.1. The van der Waals surface area contributed by atoms with E-state index in [1.165, 1.54) is 44.6 Å². The molecule has 1 aliphatic rings. The van der Waals surface area contributed by atoms with Gasteiger partial charge in [-0.1, -0.05) is 64.0 Å². The van der Waals surface area contributed by atoms with Crippen molar-refractivity contribution >= 4 is 18.3 Å². The molecule has 0 aromatic rings. The second kappa shape index (κ2) is 17.0. The number of aliphatic imine (C=N–C) groups is 1. The highest BCUT2D eigenvalue weighted by molar-refractivity contribution is 5.79. The normalized spacial score (nSPS) is 14.0. The molecule has 6 nitrogen and oxygen atoms in total. The summed E-state index contributed by atoms with van der Waals surface area (Å²) < 4.78 is 0. The molecule has 144 valence electrons. The molecule has 0 saturated heterocycles. The largest absolute Gasteiger partial charge is 0.481 e. The number of rotatable bonds is 13. The summed E-state index contributed by atoms with van der Waals surface area (Å²) >= 11 is 0. The molecule has 0 saturated carbocycles. The number of aliphatic carboxylic acids is 2. The van der Waals surface area contributed by atoms with E-state index in [9.17, 15) is 9.59 Å². The van der Waals surface area contributed by atoms with Crippen LogP contribution >= 0.6 is 0 Å². The molecule has 0 spiro atoms. The summed E-state index contributed by atoms with van der Waals surface area (Å²) in [5, 5.41) is 20.4. The fraction of sp³-hybridized carbons (Fsp3) is 0.737. The van der Waals surface area contributed by atoms with Gasteiger partial charge in [0.25, 0.3) is 0 Å². The highest BCUT2D eigenvalue weighted by Crippen LogP contribution is 2.11. The van der Waals surface area contributed by atoms with Crippen LogP contribution in [0.3, 0.4) is 0 Å². The van der Waals surface area contributed by atoms with Gasteiger partial charge in [0.1, 0.15) is 0 Å². The Morgan fingerprint density at radius 1 is 1.12 bits per heavy atom. The van der Waals surface area contributed by atoms with Crippen molar-refractivity contribution in [2.75, 3.05) is 13.1 Å². The molecular formula is C19H34N2O4. The molecule has 1 atom stereocenters. The summed E-state index contributed by atoms with van der Waals surface area (Å²) in [7, 11) is 0. The van der Waals surface area contributed by atoms with Crippen LogP contribution in [-0.2, 0) is 9.59 Å². The number of allylic oxidation sites excluding steroid dienone is 1. The predicted molar refractivity (Wildman–Crippen MR) is 101 cm³/mol. The van der Waals surface area contributed by atoms with Gasteiger partial charge in [0.2, 0.25) is 0 Å². The number of hydrogen-bond donors (Lipinski definition) is 3. The van der Waals surface area contributed by atoms with Crippen LogP contribution in [0.4, 0.5) is 0 Å². The molecule has 0 bridgehead atoms. The molecule has 0 aliphatic carbocycles. The third-order valence-corrected chi connectivity index (χ3v) is 3.87. The average molecular weight is 354 g/mol. The Kier molecular flexibility index (Phi) is 15.7. The number of unbranched alkanes of at least 4 members (excludes halogenated alkanes) is 8. The molecule has 0 aromatic heterocycles. The lowest BCUT2D eigenvalue weighted by atomic mass is 10.0. The van der Waals surface area contributed by atoms with Crippen LogP contribution in [0.2, 0.25) is 0 Å². The van der Waals surface area contributed by atoms with Crippen molar-refractivity contribution in [2.45, 2.75) is 71.1 Å². The zero-order valence-corrected chi connectivity index (χ0v) is 15.5. The van der Waals surface area contributed by atoms with Crippen LogP contribution < -0.4 is 5.32 Å². The second-order valence-electron chi connectivity index (χ2n) is 6.22. The number of carboxylic acids is 2. The number of carbonyl (C=O) groups is 2. The van der Waals surface area contributed by atoms with Gasteiger partial charge in [0.05, 0.1) is 25.2 Å². The SMILES string of the molecule is C1=NCCN1.CCCCCCCCCCC=CC(CC(=O)O)C(=O)O. The van der Waals surface area contributed by atoms with E-state index in [4.69, 9.17) is 10.2 Å². The minimum absolute atomic E-state index is 0.344. The first-order valence-electron chi connectivity index (χ1n) is 9.40. The predicted octanol–water partition coefficient (Wildman–Crippen LogP) is 3.87. The lowest BCUT2D eigenvalue weighted by molar-refractivity contribution is -0.146. The Bertz CT molecular complexity index is 402. The van der Waals surface area contributed by atoms with E-state index in [1.807, 2.05) is 0 Å². The van der Waals surface area contributed by atoms with E-state index in [1.54, 1.807) is 12.4 Å². The van der Waals surface area contributed by atoms with Crippen molar-refractivity contribution in [3.63, 3.8) is 0 Å². The molecule has 1 aliphatic heterocycles. The molecule has 0 aromatic carbocycles. The maximum Gasteiger partial charge on any atom is 0.310 e. The number of carboxylic acid groups (broad SMARTS) is 2. The van der Waals surface area contributed by atoms with Crippen LogP contribution in [0.25, 0.3) is 0 Å². The third kappa shape index (κ3) is 16.8. The van der Waals surface area contributed by atoms with E-state index in [0.717, 1.165) is 32.4 Å². The highest BCUT2D eigenvalue weighted by atomic mass is 16.4. The van der Waals surface area contributed by atoms with Crippen LogP contribution in [0.1, 0.15) is 71.1 Å². The zero-order chi connectivity index (χ0) is 18.8. The lowest BCUT2D eigenvalue weighted by Crippen LogP contribution is -2.15. The quantitative estimate of drug-likeness (QED) is 0.344. The fourth-order valence-corrected chi connectivity index (χ4v) is 2.41. The van der Waals surface area contributed by atoms with Crippen LogP contribution in [-0.4, -0.2) is 41.6 Å². The van der Waals surface area contributed by atoms with Gasteiger partial charge in [-0.15, -0.1) is 0 Å². The summed E-state index contributed by atoms with van der Waals surface area (Å²) in [6, 6.07) is 0. The van der Waals surface area contributed by atoms with Crippen LogP contribution in [0.5, 0.6) is 0 Å². The van der Waals surface area contributed by atoms with E-state index >= 15 is 0 Å². The summed E-state index contributed by atoms with van der Waals surface area (Å²) in [6.07, 6.45) is 15.5. The minimum Gasteiger partial charge on any atom is -0.481 e. The van der Waals surface area contributed by atoms with Gasteiger partial charge in [-0.05, 0) is 12.8 Å².